The van der Waals surface area contributed by atoms with Crippen molar-refractivity contribution in [2.24, 2.45) is 7.05 Å². The molecule has 136 valence electrons. The number of nitrogens with one attached hydrogen (secondary N) is 1. The molecule has 0 radical (unpaired) electrons. The third-order valence-electron chi connectivity index (χ3n) is 3.99. The molecule has 0 saturated carbocycles. The number of aromatic nitrogens is 1. The van der Waals surface area contributed by atoms with Crippen molar-refractivity contribution in [2.45, 2.75) is 31.5 Å². The lowest BCUT2D eigenvalue weighted by Gasteiger charge is -2.12. The number of rotatable bonds is 7. The van der Waals surface area contributed by atoms with Crippen LogP contribution in [-0.2, 0) is 24.4 Å². The van der Waals surface area contributed by atoms with Gasteiger partial charge < -0.3 is 15.0 Å². The Morgan fingerprint density at radius 1 is 1.24 bits per heavy atom. The second-order valence-electron chi connectivity index (χ2n) is 5.89. The van der Waals surface area contributed by atoms with Crippen LogP contribution >= 0.6 is 0 Å². The highest BCUT2D eigenvalue weighted by molar-refractivity contribution is 5.76. The van der Waals surface area contributed by atoms with E-state index in [4.69, 9.17) is 0 Å². The monoisotopic (exact) mass is 354 g/mol. The Labute approximate surface area is 144 Å². The molecule has 0 fully saturated rings. The van der Waals surface area contributed by atoms with Crippen molar-refractivity contribution in [1.82, 2.24) is 9.88 Å². The molecule has 0 aliphatic carbocycles. The van der Waals surface area contributed by atoms with Crippen molar-refractivity contribution in [3.8, 4) is 0 Å². The number of nitrogens with zero attached hydrogens (tertiary/aromatic N) is 1. The van der Waals surface area contributed by atoms with Crippen LogP contribution in [0.1, 0.15) is 35.8 Å². The van der Waals surface area contributed by atoms with Gasteiger partial charge in [0.05, 0.1) is 11.7 Å². The summed E-state index contributed by atoms with van der Waals surface area (Å²) in [7, 11) is 1.83. The second kappa shape index (κ2) is 8.20. The van der Waals surface area contributed by atoms with E-state index in [-0.39, 0.29) is 12.3 Å². The molecule has 25 heavy (non-hydrogen) atoms. The number of aryl methyl sites for hydroxylation is 2. The van der Waals surface area contributed by atoms with Gasteiger partial charge in [-0.25, -0.2) is 0 Å². The van der Waals surface area contributed by atoms with Gasteiger partial charge in [-0.15, -0.1) is 0 Å². The Bertz CT molecular complexity index is 693. The van der Waals surface area contributed by atoms with Crippen molar-refractivity contribution in [1.29, 1.82) is 0 Å². The zero-order chi connectivity index (χ0) is 18.4. The molecule has 1 atom stereocenters. The molecule has 2 N–H and O–H groups in total. The molecule has 0 spiro atoms. The molecule has 1 heterocycles. The molecule has 1 aromatic heterocycles. The van der Waals surface area contributed by atoms with Crippen molar-refractivity contribution in [2.75, 3.05) is 6.54 Å². The van der Waals surface area contributed by atoms with Crippen LogP contribution in [0.15, 0.2) is 42.6 Å². The normalized spacial score (nSPS) is 12.8. The van der Waals surface area contributed by atoms with Gasteiger partial charge in [0.25, 0.3) is 0 Å². The summed E-state index contributed by atoms with van der Waals surface area (Å²) in [5.74, 6) is -0.195. The van der Waals surface area contributed by atoms with Crippen LogP contribution in [0, 0.1) is 0 Å². The molecular formula is C18H21F3N2O2. The van der Waals surface area contributed by atoms with Gasteiger partial charge in [0, 0.05) is 31.9 Å². The first-order chi connectivity index (χ1) is 11.8. The second-order valence-corrected chi connectivity index (χ2v) is 5.89. The number of carbonyl (C=O) groups is 1. The molecule has 0 unspecified atom stereocenters. The highest BCUT2D eigenvalue weighted by atomic mass is 19.4. The third kappa shape index (κ3) is 5.63. The maximum atomic E-state index is 12.5. The fraction of sp³-hybridized carbons (Fsp3) is 0.389. The first kappa shape index (κ1) is 19.1. The molecule has 1 aromatic carbocycles. The van der Waals surface area contributed by atoms with Crippen LogP contribution < -0.4 is 5.32 Å². The molecular weight excluding hydrogens is 333 g/mol. The molecule has 0 saturated heterocycles. The summed E-state index contributed by atoms with van der Waals surface area (Å²) < 4.78 is 39.3. The molecule has 0 aliphatic heterocycles. The lowest BCUT2D eigenvalue weighted by atomic mass is 10.1. The van der Waals surface area contributed by atoms with Gasteiger partial charge in [0.1, 0.15) is 0 Å². The van der Waals surface area contributed by atoms with Crippen LogP contribution in [0.25, 0.3) is 0 Å². The minimum Gasteiger partial charge on any atom is -0.387 e. The minimum atomic E-state index is -4.35. The number of benzene rings is 1. The summed E-state index contributed by atoms with van der Waals surface area (Å²) >= 11 is 0. The number of amides is 1. The summed E-state index contributed by atoms with van der Waals surface area (Å²) in [6.45, 7) is 0.332. The highest BCUT2D eigenvalue weighted by Crippen LogP contribution is 2.29. The fourth-order valence-corrected chi connectivity index (χ4v) is 2.52. The Balaban J connectivity index is 1.71. The van der Waals surface area contributed by atoms with E-state index >= 15 is 0 Å². The smallest absolute Gasteiger partial charge is 0.387 e. The Morgan fingerprint density at radius 3 is 2.48 bits per heavy atom. The zero-order valence-corrected chi connectivity index (χ0v) is 13.9. The topological polar surface area (TPSA) is 54.3 Å². The molecule has 4 nitrogen and oxygen atoms in total. The maximum absolute atomic E-state index is 12.5. The van der Waals surface area contributed by atoms with Gasteiger partial charge in [-0.3, -0.25) is 4.79 Å². The van der Waals surface area contributed by atoms with E-state index < -0.39 is 17.8 Å². The number of aliphatic hydroxyl groups excluding tert-OH is 1. The molecule has 1 amide bonds. The van der Waals surface area contributed by atoms with Gasteiger partial charge >= 0.3 is 6.18 Å². The largest absolute Gasteiger partial charge is 0.416 e. The van der Waals surface area contributed by atoms with E-state index in [1.54, 1.807) is 0 Å². The van der Waals surface area contributed by atoms with Gasteiger partial charge in [-0.2, -0.15) is 13.2 Å². The molecule has 2 aromatic rings. The van der Waals surface area contributed by atoms with Gasteiger partial charge in [-0.1, -0.05) is 12.1 Å². The molecule has 0 aliphatic rings. The van der Waals surface area contributed by atoms with Crippen molar-refractivity contribution in [3.05, 3.63) is 59.4 Å². The number of hydrogen-bond acceptors (Lipinski definition) is 2. The molecule has 2 rings (SSSR count). The number of alkyl halides is 3. The molecule has 7 heteroatoms. The average molecular weight is 354 g/mol. The van der Waals surface area contributed by atoms with Crippen molar-refractivity contribution >= 4 is 5.91 Å². The van der Waals surface area contributed by atoms with Crippen molar-refractivity contribution in [3.63, 3.8) is 0 Å². The van der Waals surface area contributed by atoms with E-state index in [0.717, 1.165) is 17.8 Å². The standard InChI is InChI=1S/C18H21F3N2O2/c1-23-12-2-3-15(23)16(24)10-11-22-17(25)9-6-13-4-7-14(8-5-13)18(19,20)21/h2-5,7-8,12,16,24H,6,9-11H2,1H3,(H,22,25)/t16-/m1/s1. The van der Waals surface area contributed by atoms with E-state index in [1.165, 1.54) is 12.1 Å². The van der Waals surface area contributed by atoms with E-state index in [0.29, 0.717) is 24.9 Å². The summed E-state index contributed by atoms with van der Waals surface area (Å²) in [4.78, 5) is 11.8. The quantitative estimate of drug-likeness (QED) is 0.802. The van der Waals surface area contributed by atoms with E-state index in [9.17, 15) is 23.1 Å². The predicted molar refractivity (Wildman–Crippen MR) is 87.8 cm³/mol. The first-order valence-corrected chi connectivity index (χ1v) is 7.99. The Morgan fingerprint density at radius 2 is 1.92 bits per heavy atom. The Hall–Kier alpha value is -2.28. The van der Waals surface area contributed by atoms with E-state index in [2.05, 4.69) is 5.32 Å². The van der Waals surface area contributed by atoms with Gasteiger partial charge in [-0.05, 0) is 42.7 Å². The van der Waals surface area contributed by atoms with E-state index in [1.807, 2.05) is 29.9 Å². The lowest BCUT2D eigenvalue weighted by molar-refractivity contribution is -0.137. The average Bonchev–Trinajstić information content (AvgIpc) is 2.98. The zero-order valence-electron chi connectivity index (χ0n) is 13.9. The summed E-state index contributed by atoms with van der Waals surface area (Å²) in [5, 5.41) is 12.8. The SMILES string of the molecule is Cn1cccc1[C@H](O)CCNC(=O)CCc1ccc(C(F)(F)F)cc1. The fourth-order valence-electron chi connectivity index (χ4n) is 2.52. The summed E-state index contributed by atoms with van der Waals surface area (Å²) in [5.41, 5.74) is 0.751. The predicted octanol–water partition coefficient (Wildman–Crippen LogP) is 3.22. The van der Waals surface area contributed by atoms with Crippen LogP contribution in [0.5, 0.6) is 0 Å². The number of halogens is 3. The van der Waals surface area contributed by atoms with Crippen LogP contribution in [0.2, 0.25) is 0 Å². The van der Waals surface area contributed by atoms with Crippen LogP contribution in [-0.4, -0.2) is 22.1 Å². The van der Waals surface area contributed by atoms with Crippen molar-refractivity contribution < 1.29 is 23.1 Å². The number of hydrogen-bond donors (Lipinski definition) is 2. The highest BCUT2D eigenvalue weighted by Gasteiger charge is 2.29. The van der Waals surface area contributed by atoms with Gasteiger partial charge in [0.15, 0.2) is 0 Å². The van der Waals surface area contributed by atoms with Crippen LogP contribution in [0.4, 0.5) is 13.2 Å². The number of aliphatic hydroxyl groups is 1. The third-order valence-corrected chi connectivity index (χ3v) is 3.99. The summed E-state index contributed by atoms with van der Waals surface area (Å²) in [6.07, 6.45) is -2.23. The maximum Gasteiger partial charge on any atom is 0.416 e. The number of carbonyl (C=O) groups excluding carboxylic acids is 1. The van der Waals surface area contributed by atoms with Gasteiger partial charge in [0.2, 0.25) is 5.91 Å². The van der Waals surface area contributed by atoms with Crippen LogP contribution in [0.3, 0.4) is 0 Å². The minimum absolute atomic E-state index is 0.186. The molecule has 0 bridgehead atoms. The summed E-state index contributed by atoms with van der Waals surface area (Å²) in [6, 6.07) is 8.45. The first-order valence-electron chi connectivity index (χ1n) is 7.99. The Kier molecular flexibility index (Phi) is 6.25. The lowest BCUT2D eigenvalue weighted by Crippen LogP contribution is -2.26.